The zero-order valence-corrected chi connectivity index (χ0v) is 16.3. The average Bonchev–Trinajstić information content (AvgIpc) is 2.64. The predicted molar refractivity (Wildman–Crippen MR) is 106 cm³/mol. The Morgan fingerprint density at radius 2 is 1.89 bits per heavy atom. The van der Waals surface area contributed by atoms with Crippen LogP contribution in [0.1, 0.15) is 43.1 Å². The zero-order valence-electron chi connectivity index (χ0n) is 16.3. The van der Waals surface area contributed by atoms with Crippen LogP contribution in [0, 0.1) is 5.92 Å². The van der Waals surface area contributed by atoms with Gasteiger partial charge in [0.15, 0.2) is 5.78 Å². The lowest BCUT2D eigenvalue weighted by Crippen LogP contribution is -2.32. The Hall–Kier alpha value is -2.64. The molecule has 0 fully saturated rings. The Balaban J connectivity index is 2.50. The van der Waals surface area contributed by atoms with E-state index in [1.165, 1.54) is 24.3 Å². The van der Waals surface area contributed by atoms with E-state index in [-0.39, 0.29) is 23.7 Å². The molecule has 28 heavy (non-hydrogen) atoms. The molecule has 0 unspecified atom stereocenters. The van der Waals surface area contributed by atoms with Gasteiger partial charge in [0.2, 0.25) is 0 Å². The molecule has 0 saturated heterocycles. The van der Waals surface area contributed by atoms with Crippen molar-refractivity contribution in [1.29, 1.82) is 0 Å². The Morgan fingerprint density at radius 3 is 2.57 bits per heavy atom. The van der Waals surface area contributed by atoms with E-state index in [2.05, 4.69) is 5.32 Å². The van der Waals surface area contributed by atoms with Gasteiger partial charge in [0.05, 0.1) is 6.10 Å². The largest absolute Gasteiger partial charge is 0.507 e. The highest BCUT2D eigenvalue weighted by atomic mass is 16.5. The van der Waals surface area contributed by atoms with E-state index in [1.54, 1.807) is 26.0 Å². The Bertz CT molecular complexity index is 785. The second-order valence-corrected chi connectivity index (χ2v) is 6.87. The van der Waals surface area contributed by atoms with Gasteiger partial charge in [-0.15, -0.1) is 0 Å². The molecule has 0 amide bonds. The van der Waals surface area contributed by atoms with Crippen molar-refractivity contribution in [2.75, 3.05) is 11.9 Å². The van der Waals surface area contributed by atoms with Crippen LogP contribution in [0.3, 0.4) is 0 Å². The molecule has 1 aliphatic rings. The van der Waals surface area contributed by atoms with Crippen molar-refractivity contribution in [2.24, 2.45) is 5.92 Å². The van der Waals surface area contributed by atoms with Gasteiger partial charge in [-0.25, -0.2) is 4.79 Å². The Kier molecular flexibility index (Phi) is 7.37. The van der Waals surface area contributed by atoms with Crippen molar-refractivity contribution in [1.82, 2.24) is 0 Å². The van der Waals surface area contributed by atoms with Gasteiger partial charge in [-0.3, -0.25) is 4.79 Å². The summed E-state index contributed by atoms with van der Waals surface area (Å²) in [6.45, 7) is 5.96. The summed E-state index contributed by atoms with van der Waals surface area (Å²) < 4.78 is 5.47. The molecule has 4 N–H and O–H groups in total. The molecule has 7 nitrogen and oxygen atoms in total. The lowest BCUT2D eigenvalue weighted by atomic mass is 9.99. The number of rotatable bonds is 2. The highest BCUT2D eigenvalue weighted by Gasteiger charge is 2.25. The SMILES string of the molecule is CCNc1cc(O)c2c(c1)/C=C/C[C@H](O)[C@H](O)C(=O)/C=C/[C@@H](C)[C@H](C)OC2=O. The first-order valence-corrected chi connectivity index (χ1v) is 9.31. The van der Waals surface area contributed by atoms with Gasteiger partial charge in [0, 0.05) is 24.2 Å². The number of esters is 1. The topological polar surface area (TPSA) is 116 Å². The van der Waals surface area contributed by atoms with E-state index in [0.29, 0.717) is 17.8 Å². The van der Waals surface area contributed by atoms with Crippen molar-refractivity contribution in [3.8, 4) is 5.75 Å². The second kappa shape index (κ2) is 9.52. The third kappa shape index (κ3) is 5.21. The van der Waals surface area contributed by atoms with Gasteiger partial charge in [0.25, 0.3) is 0 Å². The van der Waals surface area contributed by atoms with Gasteiger partial charge in [0.1, 0.15) is 23.5 Å². The first kappa shape index (κ1) is 21.7. The number of phenols is 1. The number of carbonyl (C=O) groups excluding carboxylic acids is 2. The lowest BCUT2D eigenvalue weighted by molar-refractivity contribution is -0.127. The molecule has 0 radical (unpaired) electrons. The van der Waals surface area contributed by atoms with Crippen LogP contribution < -0.4 is 5.32 Å². The molecule has 1 aromatic rings. The molecule has 0 spiro atoms. The number of anilines is 1. The summed E-state index contributed by atoms with van der Waals surface area (Å²) in [5, 5.41) is 33.5. The second-order valence-electron chi connectivity index (χ2n) is 6.87. The van der Waals surface area contributed by atoms with Gasteiger partial charge >= 0.3 is 5.97 Å². The normalized spacial score (nSPS) is 28.6. The summed E-state index contributed by atoms with van der Waals surface area (Å²) in [5.74, 6) is -1.84. The number of nitrogens with one attached hydrogen (secondary N) is 1. The van der Waals surface area contributed by atoms with E-state index >= 15 is 0 Å². The third-order valence-electron chi connectivity index (χ3n) is 4.66. The molecule has 0 saturated carbocycles. The highest BCUT2D eigenvalue weighted by molar-refractivity contribution is 5.97. The quantitative estimate of drug-likeness (QED) is 0.573. The molecule has 0 aromatic heterocycles. The molecule has 1 heterocycles. The van der Waals surface area contributed by atoms with E-state index in [1.807, 2.05) is 6.92 Å². The first-order chi connectivity index (χ1) is 13.2. The number of aliphatic hydroxyl groups excluding tert-OH is 2. The minimum atomic E-state index is -1.55. The molecular weight excluding hydrogens is 362 g/mol. The summed E-state index contributed by atoms with van der Waals surface area (Å²) in [7, 11) is 0. The first-order valence-electron chi connectivity index (χ1n) is 9.31. The molecular formula is C21H27NO6. The van der Waals surface area contributed by atoms with Gasteiger partial charge in [-0.05, 0) is 38.0 Å². The van der Waals surface area contributed by atoms with E-state index in [9.17, 15) is 24.9 Å². The molecule has 152 valence electrons. The van der Waals surface area contributed by atoms with E-state index in [0.717, 1.165) is 0 Å². The predicted octanol–water partition coefficient (Wildman–Crippen LogP) is 2.27. The molecule has 2 rings (SSSR count). The number of fused-ring (bicyclic) bond motifs is 1. The molecule has 0 bridgehead atoms. The summed E-state index contributed by atoms with van der Waals surface area (Å²) in [4.78, 5) is 24.7. The minimum Gasteiger partial charge on any atom is -0.507 e. The summed E-state index contributed by atoms with van der Waals surface area (Å²) in [6.07, 6.45) is 2.37. The van der Waals surface area contributed by atoms with Crippen molar-refractivity contribution < 1.29 is 29.6 Å². The van der Waals surface area contributed by atoms with Crippen LogP contribution in [0.4, 0.5) is 5.69 Å². The van der Waals surface area contributed by atoms with E-state index in [4.69, 9.17) is 4.74 Å². The molecule has 7 heteroatoms. The fourth-order valence-electron chi connectivity index (χ4n) is 2.80. The van der Waals surface area contributed by atoms with Crippen molar-refractivity contribution in [3.05, 3.63) is 41.5 Å². The summed E-state index contributed by atoms with van der Waals surface area (Å²) in [5.41, 5.74) is 1.04. The number of aromatic hydroxyl groups is 1. The number of ether oxygens (including phenoxy) is 1. The fraction of sp³-hybridized carbons (Fsp3) is 0.429. The van der Waals surface area contributed by atoms with Crippen molar-refractivity contribution >= 4 is 23.5 Å². The number of hydrogen-bond donors (Lipinski definition) is 4. The molecule has 1 aromatic carbocycles. The van der Waals surface area contributed by atoms with E-state index < -0.39 is 30.1 Å². The van der Waals surface area contributed by atoms with Crippen LogP contribution in [0.2, 0.25) is 0 Å². The standard InChI is InChI=1S/C21H27NO6/c1-4-22-15-10-14-6-5-7-16(23)20(26)17(24)9-8-12(2)13(3)28-21(27)19(14)18(25)11-15/h5-6,8-13,16,20,22-23,25-26H,4,7H2,1-3H3/b6-5+,9-8+/t12-,13+,16+,20+/m1/s1. The summed E-state index contributed by atoms with van der Waals surface area (Å²) in [6, 6.07) is 3.13. The molecule has 1 aliphatic heterocycles. The number of aliphatic hydroxyl groups is 2. The van der Waals surface area contributed by atoms with Gasteiger partial charge in [-0.2, -0.15) is 0 Å². The number of ketones is 1. The number of benzene rings is 1. The van der Waals surface area contributed by atoms with Crippen LogP contribution in [-0.4, -0.2) is 51.9 Å². The zero-order chi connectivity index (χ0) is 20.8. The molecule has 4 atom stereocenters. The maximum absolute atomic E-state index is 12.7. The minimum absolute atomic E-state index is 0.00656. The van der Waals surface area contributed by atoms with Gasteiger partial charge in [-0.1, -0.05) is 25.2 Å². The highest BCUT2D eigenvalue weighted by Crippen LogP contribution is 2.29. The average molecular weight is 389 g/mol. The Morgan fingerprint density at radius 1 is 1.18 bits per heavy atom. The van der Waals surface area contributed by atoms with Crippen LogP contribution >= 0.6 is 0 Å². The fourth-order valence-corrected chi connectivity index (χ4v) is 2.80. The monoisotopic (exact) mass is 389 g/mol. The third-order valence-corrected chi connectivity index (χ3v) is 4.66. The Labute approximate surface area is 164 Å². The number of carbonyl (C=O) groups is 2. The van der Waals surface area contributed by atoms with Crippen LogP contribution in [0.15, 0.2) is 30.4 Å². The number of cyclic esters (lactones) is 1. The van der Waals surface area contributed by atoms with Crippen molar-refractivity contribution in [3.63, 3.8) is 0 Å². The van der Waals surface area contributed by atoms with Crippen LogP contribution in [0.5, 0.6) is 5.75 Å². The summed E-state index contributed by atoms with van der Waals surface area (Å²) >= 11 is 0. The lowest BCUT2D eigenvalue weighted by Gasteiger charge is -2.20. The van der Waals surface area contributed by atoms with Crippen molar-refractivity contribution in [2.45, 2.75) is 45.5 Å². The smallest absolute Gasteiger partial charge is 0.342 e. The molecule has 0 aliphatic carbocycles. The maximum Gasteiger partial charge on any atom is 0.342 e. The van der Waals surface area contributed by atoms with Gasteiger partial charge < -0.3 is 25.4 Å². The van der Waals surface area contributed by atoms with Crippen LogP contribution in [0.25, 0.3) is 6.08 Å². The number of phenolic OH excluding ortho intramolecular Hbond substituents is 1. The van der Waals surface area contributed by atoms with Crippen LogP contribution in [-0.2, 0) is 9.53 Å². The number of hydrogen-bond acceptors (Lipinski definition) is 7. The maximum atomic E-state index is 12.7.